The molecule has 0 saturated heterocycles. The van der Waals surface area contributed by atoms with Crippen LogP contribution in [0.1, 0.15) is 303 Å². The topological polar surface area (TPSA) is 89.8 Å². The van der Waals surface area contributed by atoms with Crippen molar-refractivity contribution in [2.45, 2.75) is 321 Å². The summed E-state index contributed by atoms with van der Waals surface area (Å²) in [6, 6.07) is -0.793. The molecule has 352 valence electrons. The molecule has 5 heteroatoms. The van der Waals surface area contributed by atoms with Crippen molar-refractivity contribution in [3.63, 3.8) is 0 Å². The summed E-state index contributed by atoms with van der Waals surface area (Å²) in [6.07, 6.45) is 61.4. The zero-order valence-corrected chi connectivity index (χ0v) is 40.2. The Balaban J connectivity index is 3.51. The first-order chi connectivity index (χ1) is 29.1. The van der Waals surface area contributed by atoms with Crippen molar-refractivity contribution in [1.29, 1.82) is 0 Å². The lowest BCUT2D eigenvalue weighted by Gasteiger charge is -2.21. The largest absolute Gasteiger partial charge is 0.394 e. The van der Waals surface area contributed by atoms with E-state index in [1.807, 2.05) is 6.08 Å². The molecule has 0 radical (unpaired) electrons. The number of hydrogen-bond acceptors (Lipinski definition) is 4. The van der Waals surface area contributed by atoms with Crippen LogP contribution in [0.3, 0.4) is 0 Å². The molecule has 5 nitrogen and oxygen atoms in total. The molecule has 59 heavy (non-hydrogen) atoms. The molecule has 0 heterocycles. The van der Waals surface area contributed by atoms with E-state index in [4.69, 9.17) is 0 Å². The zero-order chi connectivity index (χ0) is 43.0. The summed E-state index contributed by atoms with van der Waals surface area (Å²) in [5.74, 6) is -0.497. The number of hydrogen-bond donors (Lipinski definition) is 4. The van der Waals surface area contributed by atoms with Gasteiger partial charge in [-0.25, -0.2) is 0 Å². The summed E-state index contributed by atoms with van der Waals surface area (Å²) in [5, 5.41) is 33.3. The number of unbranched alkanes of at least 4 members (excludes halogenated alkanes) is 42. The fraction of sp³-hybridized carbons (Fsp3) is 0.944. The number of nitrogens with one attached hydrogen (secondary N) is 1. The van der Waals surface area contributed by atoms with Gasteiger partial charge in [-0.3, -0.25) is 4.79 Å². The Labute approximate surface area is 369 Å². The van der Waals surface area contributed by atoms with Crippen LogP contribution in [-0.4, -0.2) is 46.1 Å². The Kier molecular flexibility index (Phi) is 49.0. The summed E-state index contributed by atoms with van der Waals surface area (Å²) in [5.41, 5.74) is 0. The second-order valence-electron chi connectivity index (χ2n) is 18.8. The summed E-state index contributed by atoms with van der Waals surface area (Å²) < 4.78 is 0. The molecule has 1 amide bonds. The van der Waals surface area contributed by atoms with Crippen LogP contribution in [0.2, 0.25) is 0 Å². The van der Waals surface area contributed by atoms with Gasteiger partial charge in [0.2, 0.25) is 5.91 Å². The van der Waals surface area contributed by atoms with Crippen LogP contribution in [0.5, 0.6) is 0 Å². The van der Waals surface area contributed by atoms with Gasteiger partial charge >= 0.3 is 0 Å². The number of aliphatic hydroxyl groups is 3. The van der Waals surface area contributed by atoms with Gasteiger partial charge in [-0.2, -0.15) is 0 Å². The molecular weight excluding hydrogens is 727 g/mol. The third-order valence-corrected chi connectivity index (χ3v) is 12.9. The molecule has 0 fully saturated rings. The molecule has 3 unspecified atom stereocenters. The fourth-order valence-corrected chi connectivity index (χ4v) is 8.66. The van der Waals surface area contributed by atoms with Crippen molar-refractivity contribution in [2.24, 2.45) is 0 Å². The van der Waals surface area contributed by atoms with E-state index in [-0.39, 0.29) is 6.61 Å². The average molecular weight is 834 g/mol. The van der Waals surface area contributed by atoms with Gasteiger partial charge in [0.05, 0.1) is 18.8 Å². The van der Waals surface area contributed by atoms with Crippen LogP contribution in [0, 0.1) is 0 Å². The highest BCUT2D eigenvalue weighted by Gasteiger charge is 2.22. The SMILES string of the molecule is CCCCCCCCCCCCCCCC/C=C/C(O)C(CO)NC(=O)C(O)CCCCCCCCCCCCCCCCCCCCCCCCCCCCCCC. The van der Waals surface area contributed by atoms with Crippen molar-refractivity contribution < 1.29 is 20.1 Å². The van der Waals surface area contributed by atoms with Gasteiger partial charge in [0.15, 0.2) is 0 Å². The Morgan fingerprint density at radius 1 is 0.407 bits per heavy atom. The lowest BCUT2D eigenvalue weighted by Crippen LogP contribution is -2.48. The van der Waals surface area contributed by atoms with E-state index >= 15 is 0 Å². The minimum atomic E-state index is -1.09. The number of carbonyl (C=O) groups is 1. The Bertz CT molecular complexity index is 833. The van der Waals surface area contributed by atoms with Gasteiger partial charge in [-0.1, -0.05) is 296 Å². The normalized spacial score (nSPS) is 13.4. The van der Waals surface area contributed by atoms with Crippen LogP contribution in [0.25, 0.3) is 0 Å². The van der Waals surface area contributed by atoms with Crippen LogP contribution >= 0.6 is 0 Å². The molecule has 0 aromatic heterocycles. The average Bonchev–Trinajstić information content (AvgIpc) is 3.24. The first-order valence-corrected chi connectivity index (χ1v) is 27.0. The molecule has 0 aliphatic carbocycles. The molecule has 0 spiro atoms. The lowest BCUT2D eigenvalue weighted by molar-refractivity contribution is -0.131. The van der Waals surface area contributed by atoms with E-state index in [9.17, 15) is 20.1 Å². The van der Waals surface area contributed by atoms with Crippen LogP contribution in [0.4, 0.5) is 0 Å². The summed E-state index contributed by atoms with van der Waals surface area (Å²) >= 11 is 0. The van der Waals surface area contributed by atoms with Crippen molar-refractivity contribution in [3.05, 3.63) is 12.2 Å². The van der Waals surface area contributed by atoms with Crippen LogP contribution in [-0.2, 0) is 4.79 Å². The van der Waals surface area contributed by atoms with E-state index in [0.717, 1.165) is 32.1 Å². The van der Waals surface area contributed by atoms with Gasteiger partial charge in [-0.05, 0) is 19.3 Å². The minimum absolute atomic E-state index is 0.359. The summed E-state index contributed by atoms with van der Waals surface area (Å²) in [7, 11) is 0. The lowest BCUT2D eigenvalue weighted by atomic mass is 10.0. The second kappa shape index (κ2) is 49.7. The minimum Gasteiger partial charge on any atom is -0.394 e. The van der Waals surface area contributed by atoms with Gasteiger partial charge in [0.25, 0.3) is 0 Å². The number of carbonyl (C=O) groups excluding carboxylic acids is 1. The molecule has 3 atom stereocenters. The van der Waals surface area contributed by atoms with Gasteiger partial charge in [0.1, 0.15) is 6.10 Å². The molecule has 0 bridgehead atoms. The molecule has 0 saturated carbocycles. The highest BCUT2D eigenvalue weighted by atomic mass is 16.3. The monoisotopic (exact) mass is 834 g/mol. The van der Waals surface area contributed by atoms with E-state index in [1.165, 1.54) is 250 Å². The maximum Gasteiger partial charge on any atom is 0.249 e. The maximum absolute atomic E-state index is 12.5. The quantitative estimate of drug-likeness (QED) is 0.0363. The van der Waals surface area contributed by atoms with E-state index in [1.54, 1.807) is 6.08 Å². The molecule has 4 N–H and O–H groups in total. The predicted octanol–water partition coefficient (Wildman–Crippen LogP) is 16.3. The smallest absolute Gasteiger partial charge is 0.249 e. The van der Waals surface area contributed by atoms with Crippen molar-refractivity contribution in [1.82, 2.24) is 5.32 Å². The van der Waals surface area contributed by atoms with Crippen molar-refractivity contribution >= 4 is 5.91 Å². The third kappa shape index (κ3) is 44.9. The Hall–Kier alpha value is -0.910. The molecular formula is C54H107NO4. The first-order valence-electron chi connectivity index (χ1n) is 27.0. The number of amides is 1. The molecule has 0 aromatic carbocycles. The summed E-state index contributed by atoms with van der Waals surface area (Å²) in [6.45, 7) is 4.21. The molecule has 0 rings (SSSR count). The highest BCUT2D eigenvalue weighted by Crippen LogP contribution is 2.18. The van der Waals surface area contributed by atoms with Crippen LogP contribution in [0.15, 0.2) is 12.2 Å². The van der Waals surface area contributed by atoms with Crippen molar-refractivity contribution in [3.8, 4) is 0 Å². The zero-order valence-electron chi connectivity index (χ0n) is 40.2. The Morgan fingerprint density at radius 2 is 0.661 bits per heavy atom. The fourth-order valence-electron chi connectivity index (χ4n) is 8.66. The van der Waals surface area contributed by atoms with E-state index < -0.39 is 24.2 Å². The number of allylic oxidation sites excluding steroid dienone is 1. The van der Waals surface area contributed by atoms with Gasteiger partial charge in [-0.15, -0.1) is 0 Å². The molecule has 0 aromatic rings. The van der Waals surface area contributed by atoms with E-state index in [0.29, 0.717) is 6.42 Å². The van der Waals surface area contributed by atoms with Crippen molar-refractivity contribution in [2.75, 3.05) is 6.61 Å². The number of rotatable bonds is 50. The maximum atomic E-state index is 12.5. The number of aliphatic hydroxyl groups excluding tert-OH is 3. The van der Waals surface area contributed by atoms with Gasteiger partial charge < -0.3 is 20.6 Å². The van der Waals surface area contributed by atoms with Gasteiger partial charge in [0, 0.05) is 0 Å². The summed E-state index contributed by atoms with van der Waals surface area (Å²) in [4.78, 5) is 12.5. The standard InChI is InChI=1S/C54H107NO4/c1-3-5-7-9-11-13-15-17-19-21-22-23-24-25-26-27-28-29-30-31-32-33-35-37-39-41-43-45-47-49-53(58)54(59)55-51(50-56)52(57)48-46-44-42-40-38-36-34-20-18-16-14-12-10-8-6-4-2/h46,48,51-53,56-58H,3-45,47,49-50H2,1-2H3,(H,55,59)/b48-46+. The molecule has 0 aliphatic rings. The predicted molar refractivity (Wildman–Crippen MR) is 259 cm³/mol. The molecule has 0 aliphatic heterocycles. The Morgan fingerprint density at radius 3 is 0.932 bits per heavy atom. The van der Waals surface area contributed by atoms with Crippen LogP contribution < -0.4 is 5.32 Å². The third-order valence-electron chi connectivity index (χ3n) is 12.9. The van der Waals surface area contributed by atoms with E-state index in [2.05, 4.69) is 19.2 Å². The second-order valence-corrected chi connectivity index (χ2v) is 18.8. The highest BCUT2D eigenvalue weighted by molar-refractivity contribution is 5.80. The first kappa shape index (κ1) is 58.1.